The number of carbonyl (C=O) groups is 3. The molecule has 0 aromatic heterocycles. The van der Waals surface area contributed by atoms with E-state index in [1.807, 2.05) is 30.3 Å². The number of nitrogens with one attached hydrogen (secondary N) is 1. The van der Waals surface area contributed by atoms with Crippen molar-refractivity contribution in [3.8, 4) is 0 Å². The first-order valence-corrected chi connectivity index (χ1v) is 10.1. The molecule has 2 heterocycles. The van der Waals surface area contributed by atoms with Gasteiger partial charge in [-0.3, -0.25) is 14.5 Å². The Bertz CT molecular complexity index is 779. The van der Waals surface area contributed by atoms with Gasteiger partial charge in [-0.1, -0.05) is 30.3 Å². The van der Waals surface area contributed by atoms with Gasteiger partial charge < -0.3 is 15.2 Å². The molecule has 2 aliphatic heterocycles. The number of hydrogen-bond donors (Lipinski definition) is 2. The average Bonchev–Trinajstić information content (AvgIpc) is 2.67. The molecule has 0 unspecified atom stereocenters. The van der Waals surface area contributed by atoms with Crippen LogP contribution in [-0.2, 0) is 21.0 Å². The van der Waals surface area contributed by atoms with Gasteiger partial charge in [0.1, 0.15) is 18.2 Å². The number of amides is 3. The maximum atomic E-state index is 12.9. The molecule has 0 aliphatic carbocycles. The molecule has 3 amide bonds. The van der Waals surface area contributed by atoms with Crippen molar-refractivity contribution in [1.29, 1.82) is 0 Å². The summed E-state index contributed by atoms with van der Waals surface area (Å²) in [6.07, 6.45) is -0.778. The number of benzene rings is 1. The molecule has 2 aliphatic rings. The van der Waals surface area contributed by atoms with Gasteiger partial charge in [0.25, 0.3) is 0 Å². The van der Waals surface area contributed by atoms with E-state index >= 15 is 0 Å². The maximum absolute atomic E-state index is 12.9. The summed E-state index contributed by atoms with van der Waals surface area (Å²) < 4.78 is 5.51. The van der Waals surface area contributed by atoms with Gasteiger partial charge in [-0.2, -0.15) is 5.06 Å². The van der Waals surface area contributed by atoms with Crippen LogP contribution in [0.15, 0.2) is 30.3 Å². The van der Waals surface area contributed by atoms with E-state index < -0.39 is 29.9 Å². The Labute approximate surface area is 175 Å². The molecule has 1 aromatic carbocycles. The van der Waals surface area contributed by atoms with Crippen molar-refractivity contribution < 1.29 is 29.1 Å². The molecular formula is C21H29N3O6. The van der Waals surface area contributed by atoms with Gasteiger partial charge in [-0.15, -0.1) is 0 Å². The summed E-state index contributed by atoms with van der Waals surface area (Å²) in [4.78, 5) is 44.0. The zero-order chi connectivity index (χ0) is 21.9. The van der Waals surface area contributed by atoms with E-state index in [2.05, 4.69) is 5.32 Å². The van der Waals surface area contributed by atoms with E-state index in [4.69, 9.17) is 9.57 Å². The number of ether oxygens (including phenoxy) is 1. The van der Waals surface area contributed by atoms with E-state index in [9.17, 15) is 19.5 Å². The van der Waals surface area contributed by atoms with Crippen molar-refractivity contribution in [2.75, 3.05) is 13.1 Å². The molecule has 0 saturated carbocycles. The first kappa shape index (κ1) is 21.9. The Hall–Kier alpha value is -2.81. The monoisotopic (exact) mass is 419 g/mol. The fourth-order valence-electron chi connectivity index (χ4n) is 3.96. The molecule has 0 spiro atoms. The number of piperidine rings is 2. The van der Waals surface area contributed by atoms with Crippen LogP contribution in [0, 0.1) is 5.92 Å². The molecule has 3 atom stereocenters. The van der Waals surface area contributed by atoms with E-state index in [0.717, 1.165) is 15.5 Å². The second-order valence-electron chi connectivity index (χ2n) is 8.67. The van der Waals surface area contributed by atoms with Crippen molar-refractivity contribution in [3.63, 3.8) is 0 Å². The maximum Gasteiger partial charge on any atom is 0.434 e. The minimum Gasteiger partial charge on any atom is -0.465 e. The summed E-state index contributed by atoms with van der Waals surface area (Å²) in [5.74, 6) is -0.486. The lowest BCUT2D eigenvalue weighted by atomic mass is 9.81. The Kier molecular flexibility index (Phi) is 6.50. The predicted molar refractivity (Wildman–Crippen MR) is 107 cm³/mol. The number of hydroxylamine groups is 2. The Balaban J connectivity index is 1.82. The number of likely N-dealkylation sites (tertiary alicyclic amines) is 1. The first-order chi connectivity index (χ1) is 14.2. The van der Waals surface area contributed by atoms with E-state index in [0.29, 0.717) is 19.4 Å². The standard InChI is InChI=1S/C21H29N3O6/c1-21(2,3)30-20(28)24(29-13-14-7-5-4-6-8-14)16-11-15-9-10-22-18(25)17(15)23(12-16)19(26)27/h4-8,15-17H,9-13H2,1-3H3,(H,22,25)(H,26,27)/t15-,16-,17+/m1/s1. The Morgan fingerprint density at radius 3 is 2.60 bits per heavy atom. The number of nitrogens with zero attached hydrogens (tertiary/aromatic N) is 2. The number of carboxylic acid groups (broad SMARTS) is 1. The van der Waals surface area contributed by atoms with Crippen molar-refractivity contribution in [2.45, 2.75) is 57.9 Å². The van der Waals surface area contributed by atoms with E-state index in [1.54, 1.807) is 20.8 Å². The van der Waals surface area contributed by atoms with Gasteiger partial charge in [0.15, 0.2) is 0 Å². The Morgan fingerprint density at radius 1 is 1.27 bits per heavy atom. The molecule has 0 bridgehead atoms. The third-order valence-corrected chi connectivity index (χ3v) is 5.21. The van der Waals surface area contributed by atoms with Crippen molar-refractivity contribution >= 4 is 18.1 Å². The third kappa shape index (κ3) is 5.21. The number of rotatable bonds is 4. The highest BCUT2D eigenvalue weighted by Crippen LogP contribution is 2.32. The first-order valence-electron chi connectivity index (χ1n) is 10.1. The molecule has 9 heteroatoms. The normalized spacial score (nSPS) is 23.9. The third-order valence-electron chi connectivity index (χ3n) is 5.21. The molecular weight excluding hydrogens is 390 g/mol. The molecule has 3 rings (SSSR count). The summed E-state index contributed by atoms with van der Waals surface area (Å²) >= 11 is 0. The van der Waals surface area contributed by atoms with Crippen LogP contribution >= 0.6 is 0 Å². The molecule has 9 nitrogen and oxygen atoms in total. The molecule has 0 radical (unpaired) electrons. The highest BCUT2D eigenvalue weighted by atomic mass is 16.7. The van der Waals surface area contributed by atoms with Crippen molar-refractivity contribution in [2.24, 2.45) is 5.92 Å². The summed E-state index contributed by atoms with van der Waals surface area (Å²) in [6.45, 7) is 5.86. The van der Waals surface area contributed by atoms with Crippen LogP contribution in [0.4, 0.5) is 9.59 Å². The van der Waals surface area contributed by atoms with Crippen molar-refractivity contribution in [3.05, 3.63) is 35.9 Å². The van der Waals surface area contributed by atoms with Crippen LogP contribution in [-0.4, -0.2) is 63.9 Å². The van der Waals surface area contributed by atoms with E-state index in [-0.39, 0.29) is 25.0 Å². The fourth-order valence-corrected chi connectivity index (χ4v) is 3.96. The summed E-state index contributed by atoms with van der Waals surface area (Å²) in [5, 5.41) is 13.6. The second kappa shape index (κ2) is 8.91. The summed E-state index contributed by atoms with van der Waals surface area (Å²) in [5.41, 5.74) is 0.131. The minimum atomic E-state index is -1.20. The zero-order valence-corrected chi connectivity index (χ0v) is 17.5. The molecule has 2 N–H and O–H groups in total. The lowest BCUT2D eigenvalue weighted by Crippen LogP contribution is -2.64. The lowest BCUT2D eigenvalue weighted by molar-refractivity contribution is -0.193. The fraction of sp³-hybridized carbons (Fsp3) is 0.571. The molecule has 30 heavy (non-hydrogen) atoms. The van der Waals surface area contributed by atoms with Gasteiger partial charge in [-0.05, 0) is 45.1 Å². The number of carbonyl (C=O) groups excluding carboxylic acids is 2. The lowest BCUT2D eigenvalue weighted by Gasteiger charge is -2.46. The highest BCUT2D eigenvalue weighted by Gasteiger charge is 2.47. The predicted octanol–water partition coefficient (Wildman–Crippen LogP) is 2.61. The quantitative estimate of drug-likeness (QED) is 0.727. The van der Waals surface area contributed by atoms with Crippen LogP contribution < -0.4 is 5.32 Å². The topological polar surface area (TPSA) is 108 Å². The van der Waals surface area contributed by atoms with Crippen LogP contribution in [0.3, 0.4) is 0 Å². The highest BCUT2D eigenvalue weighted by molar-refractivity contribution is 5.86. The molecule has 164 valence electrons. The second-order valence-corrected chi connectivity index (χ2v) is 8.67. The van der Waals surface area contributed by atoms with Crippen LogP contribution in [0.2, 0.25) is 0 Å². The number of fused-ring (bicyclic) bond motifs is 1. The smallest absolute Gasteiger partial charge is 0.434 e. The summed E-state index contributed by atoms with van der Waals surface area (Å²) in [7, 11) is 0. The van der Waals surface area contributed by atoms with Crippen molar-refractivity contribution in [1.82, 2.24) is 15.3 Å². The van der Waals surface area contributed by atoms with E-state index in [1.165, 1.54) is 0 Å². The molecule has 1 aromatic rings. The molecule has 2 saturated heterocycles. The SMILES string of the molecule is CC(C)(C)OC(=O)N(OCc1ccccc1)[C@@H]1C[C@H]2CCNC(=O)[C@H]2N(C(=O)O)C1. The van der Waals surface area contributed by atoms with Crippen LogP contribution in [0.1, 0.15) is 39.2 Å². The van der Waals surface area contributed by atoms with Crippen LogP contribution in [0.25, 0.3) is 0 Å². The van der Waals surface area contributed by atoms with Gasteiger partial charge in [0.05, 0.1) is 6.04 Å². The Morgan fingerprint density at radius 2 is 1.97 bits per heavy atom. The number of hydrogen-bond acceptors (Lipinski definition) is 5. The van der Waals surface area contributed by atoms with Crippen LogP contribution in [0.5, 0.6) is 0 Å². The average molecular weight is 419 g/mol. The van der Waals surface area contributed by atoms with Gasteiger partial charge >= 0.3 is 12.2 Å². The largest absolute Gasteiger partial charge is 0.465 e. The van der Waals surface area contributed by atoms with Gasteiger partial charge in [0.2, 0.25) is 5.91 Å². The van der Waals surface area contributed by atoms with Gasteiger partial charge in [0, 0.05) is 13.1 Å². The molecule has 2 fully saturated rings. The zero-order valence-electron chi connectivity index (χ0n) is 17.5. The minimum absolute atomic E-state index is 0.0298. The summed E-state index contributed by atoms with van der Waals surface area (Å²) in [6, 6.07) is 8.06. The van der Waals surface area contributed by atoms with Gasteiger partial charge in [-0.25, -0.2) is 9.59 Å².